The van der Waals surface area contributed by atoms with Crippen LogP contribution in [0, 0.1) is 5.92 Å². The molecular weight excluding hydrogens is 280 g/mol. The van der Waals surface area contributed by atoms with Crippen LogP contribution in [0.2, 0.25) is 0 Å². The molecule has 0 aliphatic heterocycles. The van der Waals surface area contributed by atoms with E-state index in [1.165, 1.54) is 0 Å². The molecule has 0 bridgehead atoms. The number of hydrogen-bond acceptors (Lipinski definition) is 4. The van der Waals surface area contributed by atoms with Crippen LogP contribution in [0.5, 0.6) is 0 Å². The van der Waals surface area contributed by atoms with Gasteiger partial charge < -0.3 is 9.84 Å². The quantitative estimate of drug-likeness (QED) is 0.733. The zero-order valence-corrected chi connectivity index (χ0v) is 12.8. The lowest BCUT2D eigenvalue weighted by atomic mass is 9.92. The summed E-state index contributed by atoms with van der Waals surface area (Å²) < 4.78 is 5.37. The molecule has 2 unspecified atom stereocenters. The first-order valence-corrected chi connectivity index (χ1v) is 7.65. The van der Waals surface area contributed by atoms with Gasteiger partial charge in [-0.2, -0.15) is 0 Å². The molecule has 0 aromatic rings. The average molecular weight is 302 g/mol. The van der Waals surface area contributed by atoms with Crippen LogP contribution >= 0.6 is 0 Å². The van der Waals surface area contributed by atoms with Crippen molar-refractivity contribution in [2.75, 3.05) is 13.2 Å². The van der Waals surface area contributed by atoms with Crippen molar-refractivity contribution < 1.29 is 19.4 Å². The van der Waals surface area contributed by atoms with Crippen molar-refractivity contribution in [3.05, 3.63) is 47.6 Å². The third kappa shape index (κ3) is 4.61. The van der Waals surface area contributed by atoms with Crippen molar-refractivity contribution in [3.8, 4) is 0 Å². The topological polar surface area (TPSA) is 63.6 Å². The number of ether oxygens (including phenoxy) is 1. The van der Waals surface area contributed by atoms with Gasteiger partial charge in [-0.3, -0.25) is 9.59 Å². The zero-order valence-electron chi connectivity index (χ0n) is 12.8. The van der Waals surface area contributed by atoms with Crippen LogP contribution in [0.15, 0.2) is 47.6 Å². The Labute approximate surface area is 130 Å². The molecule has 0 amide bonds. The van der Waals surface area contributed by atoms with Crippen LogP contribution < -0.4 is 0 Å². The molecular formula is C18H22O4. The largest absolute Gasteiger partial charge is 0.394 e. The number of carbonyl (C=O) groups excluding carboxylic acids is 2. The highest BCUT2D eigenvalue weighted by atomic mass is 16.5. The van der Waals surface area contributed by atoms with Crippen molar-refractivity contribution in [1.82, 2.24) is 0 Å². The van der Waals surface area contributed by atoms with Crippen molar-refractivity contribution in [2.45, 2.75) is 32.3 Å². The zero-order chi connectivity index (χ0) is 15.9. The molecule has 4 nitrogen and oxygen atoms in total. The summed E-state index contributed by atoms with van der Waals surface area (Å²) in [4.78, 5) is 24.3. The van der Waals surface area contributed by atoms with E-state index in [4.69, 9.17) is 9.84 Å². The predicted molar refractivity (Wildman–Crippen MR) is 84.3 cm³/mol. The molecule has 0 saturated carbocycles. The molecule has 4 heteroatoms. The number of Topliss-reactive ketones (excluding diaryl/α,β-unsaturated/α-hetero) is 2. The minimum Gasteiger partial charge on any atom is -0.394 e. The van der Waals surface area contributed by atoms with Gasteiger partial charge in [-0.1, -0.05) is 43.4 Å². The molecule has 2 aliphatic rings. The van der Waals surface area contributed by atoms with Gasteiger partial charge >= 0.3 is 0 Å². The van der Waals surface area contributed by atoms with E-state index in [2.05, 4.69) is 6.92 Å². The highest BCUT2D eigenvalue weighted by Gasteiger charge is 2.19. The van der Waals surface area contributed by atoms with E-state index >= 15 is 0 Å². The summed E-state index contributed by atoms with van der Waals surface area (Å²) in [5.41, 5.74) is 1.20. The van der Waals surface area contributed by atoms with Crippen molar-refractivity contribution in [3.63, 3.8) is 0 Å². The first-order valence-electron chi connectivity index (χ1n) is 7.65. The molecule has 0 fully saturated rings. The van der Waals surface area contributed by atoms with Crippen LogP contribution in [-0.4, -0.2) is 36.0 Å². The Morgan fingerprint density at radius 2 is 1.77 bits per heavy atom. The maximum atomic E-state index is 12.2. The number of aliphatic hydroxyl groups is 1. The minimum absolute atomic E-state index is 0.0183. The smallest absolute Gasteiger partial charge is 0.170 e. The molecule has 0 aromatic carbocycles. The normalized spacial score (nSPS) is 23.9. The fourth-order valence-corrected chi connectivity index (χ4v) is 2.42. The van der Waals surface area contributed by atoms with E-state index in [1.807, 2.05) is 18.2 Å². The molecule has 2 atom stereocenters. The molecule has 0 radical (unpaired) electrons. The Hall–Kier alpha value is -1.78. The lowest BCUT2D eigenvalue weighted by molar-refractivity contribution is -0.122. The number of allylic oxidation sites excluding steroid dienone is 6. The summed E-state index contributed by atoms with van der Waals surface area (Å²) >= 11 is 0. The van der Waals surface area contributed by atoms with E-state index in [1.54, 1.807) is 18.2 Å². The Morgan fingerprint density at radius 3 is 2.27 bits per heavy atom. The van der Waals surface area contributed by atoms with Crippen LogP contribution in [0.25, 0.3) is 0 Å². The van der Waals surface area contributed by atoms with E-state index < -0.39 is 0 Å². The Kier molecular flexibility index (Phi) is 6.04. The molecule has 2 rings (SSSR count). The van der Waals surface area contributed by atoms with Gasteiger partial charge in [0.05, 0.1) is 25.7 Å². The molecule has 1 N–H and O–H groups in total. The highest BCUT2D eigenvalue weighted by molar-refractivity contribution is 6.15. The van der Waals surface area contributed by atoms with Gasteiger partial charge in [0, 0.05) is 11.1 Å². The molecule has 2 aliphatic carbocycles. The number of ketones is 2. The summed E-state index contributed by atoms with van der Waals surface area (Å²) in [6.45, 7) is 2.35. The molecule has 118 valence electrons. The first kappa shape index (κ1) is 16.6. The second kappa shape index (κ2) is 8.01. The van der Waals surface area contributed by atoms with Crippen LogP contribution in [0.1, 0.15) is 26.2 Å². The van der Waals surface area contributed by atoms with Gasteiger partial charge in [-0.15, -0.1) is 0 Å². The third-order valence-corrected chi connectivity index (χ3v) is 3.76. The number of rotatable bonds is 7. The van der Waals surface area contributed by atoms with Gasteiger partial charge in [0.25, 0.3) is 0 Å². The molecule has 0 spiro atoms. The van der Waals surface area contributed by atoms with Crippen LogP contribution in [-0.2, 0) is 14.3 Å². The summed E-state index contributed by atoms with van der Waals surface area (Å²) in [5, 5.41) is 8.71. The van der Waals surface area contributed by atoms with E-state index in [0.29, 0.717) is 23.5 Å². The fourth-order valence-electron chi connectivity index (χ4n) is 2.42. The number of carbonyl (C=O) groups is 2. The molecule has 22 heavy (non-hydrogen) atoms. The Morgan fingerprint density at radius 1 is 1.14 bits per heavy atom. The summed E-state index contributed by atoms with van der Waals surface area (Å²) in [5.74, 6) is 0.169. The molecule has 0 aromatic heterocycles. The molecule has 0 heterocycles. The van der Waals surface area contributed by atoms with Crippen LogP contribution in [0.4, 0.5) is 0 Å². The Bertz CT molecular complexity index is 551. The maximum Gasteiger partial charge on any atom is 0.170 e. The first-order chi connectivity index (χ1) is 10.6. The maximum absolute atomic E-state index is 12.2. The van der Waals surface area contributed by atoms with Gasteiger partial charge in [-0.05, 0) is 18.8 Å². The third-order valence-electron chi connectivity index (χ3n) is 3.76. The number of hydrogen-bond donors (Lipinski definition) is 1. The van der Waals surface area contributed by atoms with Crippen LogP contribution in [0.3, 0.4) is 0 Å². The van der Waals surface area contributed by atoms with E-state index in [-0.39, 0.29) is 37.3 Å². The SMILES string of the molecule is CC1C=CC(C(=O)CC(=O)C2=CCC(OCCO)C=C2)=CC1. The van der Waals surface area contributed by atoms with Gasteiger partial charge in [0.2, 0.25) is 0 Å². The second-order valence-electron chi connectivity index (χ2n) is 5.64. The van der Waals surface area contributed by atoms with Crippen molar-refractivity contribution >= 4 is 11.6 Å². The van der Waals surface area contributed by atoms with Crippen molar-refractivity contribution in [2.24, 2.45) is 5.92 Å². The summed E-state index contributed by atoms with van der Waals surface area (Å²) in [6, 6.07) is 0. The predicted octanol–water partition coefficient (Wildman–Crippen LogP) is 2.30. The monoisotopic (exact) mass is 302 g/mol. The highest BCUT2D eigenvalue weighted by Crippen LogP contribution is 2.19. The fraction of sp³-hybridized carbons (Fsp3) is 0.444. The van der Waals surface area contributed by atoms with Gasteiger partial charge in [0.1, 0.15) is 0 Å². The molecule has 0 saturated heterocycles. The van der Waals surface area contributed by atoms with Gasteiger partial charge in [-0.25, -0.2) is 0 Å². The average Bonchev–Trinajstić information content (AvgIpc) is 2.54. The van der Waals surface area contributed by atoms with E-state index in [9.17, 15) is 9.59 Å². The lowest BCUT2D eigenvalue weighted by Crippen LogP contribution is -2.17. The number of aliphatic hydroxyl groups excluding tert-OH is 1. The second-order valence-corrected chi connectivity index (χ2v) is 5.64. The van der Waals surface area contributed by atoms with E-state index in [0.717, 1.165) is 6.42 Å². The minimum atomic E-state index is -0.158. The Balaban J connectivity index is 1.86. The standard InChI is InChI=1S/C18H22O4/c1-13-2-4-14(5-3-13)17(20)12-18(21)15-6-8-16(9-7-15)22-11-10-19/h2,4-8,13,16,19H,3,9-12H2,1H3. The lowest BCUT2D eigenvalue weighted by Gasteiger charge is -2.16. The van der Waals surface area contributed by atoms with Gasteiger partial charge in [0.15, 0.2) is 11.6 Å². The summed E-state index contributed by atoms with van der Waals surface area (Å²) in [6.07, 6.45) is 12.3. The summed E-state index contributed by atoms with van der Waals surface area (Å²) in [7, 11) is 0. The van der Waals surface area contributed by atoms with Crippen molar-refractivity contribution in [1.29, 1.82) is 0 Å².